The molecular formula is C38H57N5O15S2. The lowest BCUT2D eigenvalue weighted by atomic mass is 10.1. The van der Waals surface area contributed by atoms with Gasteiger partial charge in [-0.1, -0.05) is 19.7 Å². The molecule has 0 fully saturated rings. The summed E-state index contributed by atoms with van der Waals surface area (Å²) in [5.41, 5.74) is -4.57. The second-order valence-corrected chi connectivity index (χ2v) is 15.8. The van der Waals surface area contributed by atoms with E-state index in [9.17, 15) is 43.2 Å². The van der Waals surface area contributed by atoms with Gasteiger partial charge in [0.1, 0.15) is 37.5 Å². The molecule has 1 atom stereocenters. The highest BCUT2D eigenvalue weighted by Gasteiger charge is 2.32. The van der Waals surface area contributed by atoms with E-state index in [1.807, 2.05) is 0 Å². The molecule has 60 heavy (non-hydrogen) atoms. The largest absolute Gasteiger partial charge is 0.463 e. The first-order valence-corrected chi connectivity index (χ1v) is 21.3. The molecule has 0 aromatic carbocycles. The van der Waals surface area contributed by atoms with Crippen molar-refractivity contribution in [2.75, 3.05) is 62.7 Å². The van der Waals surface area contributed by atoms with Crippen LogP contribution in [-0.4, -0.2) is 123 Å². The molecule has 2 amide bonds. The number of alkyl carbamates (subject to hydrolysis) is 2. The zero-order chi connectivity index (χ0) is 45.1. The van der Waals surface area contributed by atoms with E-state index in [2.05, 4.69) is 30.4 Å². The molecule has 1 heterocycles. The maximum Gasteiger partial charge on any atom is 0.407 e. The molecule has 1 unspecified atom stereocenters. The van der Waals surface area contributed by atoms with Crippen LogP contribution in [0.4, 0.5) is 9.59 Å². The molecule has 0 saturated heterocycles. The number of thioether (sulfide) groups is 2. The van der Waals surface area contributed by atoms with Crippen LogP contribution in [0.1, 0.15) is 53.4 Å². The molecule has 0 bridgehead atoms. The van der Waals surface area contributed by atoms with Gasteiger partial charge in [-0.25, -0.2) is 52.1 Å². The van der Waals surface area contributed by atoms with Crippen LogP contribution in [0.5, 0.6) is 0 Å². The van der Waals surface area contributed by atoms with Crippen molar-refractivity contribution in [3.05, 3.63) is 69.4 Å². The second kappa shape index (κ2) is 28.3. The SMILES string of the molecule is C=CC(=O)OCC(C)(COC(C)=O)NC(=O)OCCCSCCCn1c(=O)n(CC)c(=O)n(CCCSCCCOC(=O)NC(C)(COC(=O)C=C)COC(=O)C=C)c1=O. The molecule has 0 aliphatic rings. The summed E-state index contributed by atoms with van der Waals surface area (Å²) in [5, 5.41) is 5.09. The predicted molar refractivity (Wildman–Crippen MR) is 224 cm³/mol. The summed E-state index contributed by atoms with van der Waals surface area (Å²) < 4.78 is 33.6. The Balaban J connectivity index is 2.54. The van der Waals surface area contributed by atoms with Crippen LogP contribution in [0.3, 0.4) is 0 Å². The molecule has 0 aliphatic heterocycles. The number of hydrogen-bond donors (Lipinski definition) is 2. The van der Waals surface area contributed by atoms with Crippen LogP contribution in [0, 0.1) is 0 Å². The lowest BCUT2D eigenvalue weighted by Crippen LogP contribution is -2.54. The summed E-state index contributed by atoms with van der Waals surface area (Å²) in [6, 6.07) is 0. The Labute approximate surface area is 356 Å². The molecule has 336 valence electrons. The number of amides is 2. The van der Waals surface area contributed by atoms with E-state index >= 15 is 0 Å². The maximum atomic E-state index is 13.2. The van der Waals surface area contributed by atoms with Gasteiger partial charge in [-0.15, -0.1) is 0 Å². The van der Waals surface area contributed by atoms with E-state index < -0.39 is 64.2 Å². The summed E-state index contributed by atoms with van der Waals surface area (Å²) in [7, 11) is 0. The van der Waals surface area contributed by atoms with Gasteiger partial charge in [0.05, 0.1) is 13.2 Å². The predicted octanol–water partition coefficient (Wildman–Crippen LogP) is 1.94. The fraction of sp³-hybridized carbons (Fsp3) is 0.605. The molecule has 1 aromatic rings. The zero-order valence-electron chi connectivity index (χ0n) is 34.7. The molecular weight excluding hydrogens is 831 g/mol. The Bertz CT molecular complexity index is 1800. The Morgan fingerprint density at radius 2 is 0.900 bits per heavy atom. The summed E-state index contributed by atoms with van der Waals surface area (Å²) in [6.45, 7) is 15.0. The smallest absolute Gasteiger partial charge is 0.407 e. The van der Waals surface area contributed by atoms with E-state index in [1.165, 1.54) is 44.3 Å². The van der Waals surface area contributed by atoms with Crippen molar-refractivity contribution in [1.29, 1.82) is 0 Å². The van der Waals surface area contributed by atoms with E-state index in [-0.39, 0.29) is 59.3 Å². The van der Waals surface area contributed by atoms with Gasteiger partial charge in [-0.3, -0.25) is 4.79 Å². The van der Waals surface area contributed by atoms with Gasteiger partial charge in [0, 0.05) is 44.8 Å². The normalized spacial score (nSPS) is 11.9. The Morgan fingerprint density at radius 1 is 0.567 bits per heavy atom. The van der Waals surface area contributed by atoms with Gasteiger partial charge in [-0.05, 0) is 69.5 Å². The standard InChI is InChI=1S/C38H57N5O15S2/c1-8-29(45)56-25-37(6,24-55-28(5)44)39-32(48)53-18-14-22-59-20-12-16-42-34(50)41(11-4)35(51)43(36(42)52)17-13-21-60-23-15-19-54-33(49)40-38(7,26-57-30(46)9-2)27-58-31(47)10-3/h8-10H,1-3,11-27H2,4-7H3,(H,39,48)(H,40,49). The summed E-state index contributed by atoms with van der Waals surface area (Å²) >= 11 is 3.05. The second-order valence-electron chi connectivity index (χ2n) is 13.4. The quantitative estimate of drug-likeness (QED) is 0.0485. The molecule has 22 heteroatoms. The van der Waals surface area contributed by atoms with Crippen LogP contribution >= 0.6 is 23.5 Å². The molecule has 0 aliphatic carbocycles. The molecule has 1 aromatic heterocycles. The number of ether oxygens (including phenoxy) is 6. The van der Waals surface area contributed by atoms with Gasteiger partial charge >= 0.3 is 53.1 Å². The summed E-state index contributed by atoms with van der Waals surface area (Å²) in [5.74, 6) is -0.400. The van der Waals surface area contributed by atoms with Crippen molar-refractivity contribution in [2.45, 2.75) is 84.1 Å². The minimum absolute atomic E-state index is 0.0559. The highest BCUT2D eigenvalue weighted by Crippen LogP contribution is 2.11. The maximum absolute atomic E-state index is 13.2. The van der Waals surface area contributed by atoms with Crippen LogP contribution in [0.25, 0.3) is 0 Å². The van der Waals surface area contributed by atoms with Crippen LogP contribution < -0.4 is 27.7 Å². The summed E-state index contributed by atoms with van der Waals surface area (Å²) in [4.78, 5) is 110. The first-order chi connectivity index (χ1) is 28.4. The first-order valence-electron chi connectivity index (χ1n) is 19.0. The molecule has 20 nitrogen and oxygen atoms in total. The van der Waals surface area contributed by atoms with Gasteiger partial charge in [0.2, 0.25) is 0 Å². The van der Waals surface area contributed by atoms with Crippen molar-refractivity contribution < 1.29 is 57.2 Å². The van der Waals surface area contributed by atoms with Gasteiger partial charge in [0.25, 0.3) is 0 Å². The van der Waals surface area contributed by atoms with Crippen molar-refractivity contribution in [3.8, 4) is 0 Å². The number of nitrogens with zero attached hydrogens (tertiary/aromatic N) is 3. The van der Waals surface area contributed by atoms with Crippen molar-refractivity contribution >= 4 is 59.6 Å². The summed E-state index contributed by atoms with van der Waals surface area (Å²) in [6.07, 6.45) is 3.15. The van der Waals surface area contributed by atoms with Crippen LogP contribution in [0.2, 0.25) is 0 Å². The van der Waals surface area contributed by atoms with Crippen molar-refractivity contribution in [1.82, 2.24) is 24.3 Å². The third-order valence-corrected chi connectivity index (χ3v) is 10.2. The highest BCUT2D eigenvalue weighted by atomic mass is 32.2. The fourth-order valence-corrected chi connectivity index (χ4v) is 6.48. The monoisotopic (exact) mass is 887 g/mol. The Kier molecular flexibility index (Phi) is 24.9. The lowest BCUT2D eigenvalue weighted by Gasteiger charge is -2.29. The lowest BCUT2D eigenvalue weighted by molar-refractivity contribution is -0.147. The van der Waals surface area contributed by atoms with E-state index in [0.717, 1.165) is 31.9 Å². The zero-order valence-corrected chi connectivity index (χ0v) is 36.3. The molecule has 0 saturated carbocycles. The van der Waals surface area contributed by atoms with Gasteiger partial charge in [-0.2, -0.15) is 23.5 Å². The van der Waals surface area contributed by atoms with Gasteiger partial charge in [0.15, 0.2) is 0 Å². The third kappa shape index (κ3) is 20.6. The Hall–Kier alpha value is -5.25. The van der Waals surface area contributed by atoms with Gasteiger partial charge < -0.3 is 39.1 Å². The average Bonchev–Trinajstić information content (AvgIpc) is 3.21. The number of hydrogen-bond acceptors (Lipinski definition) is 17. The number of carbonyl (C=O) groups excluding carboxylic acids is 6. The van der Waals surface area contributed by atoms with Crippen molar-refractivity contribution in [3.63, 3.8) is 0 Å². The minimum atomic E-state index is -1.28. The highest BCUT2D eigenvalue weighted by molar-refractivity contribution is 7.99. The van der Waals surface area contributed by atoms with E-state index in [1.54, 1.807) is 6.92 Å². The number of nitrogens with one attached hydrogen (secondary N) is 2. The third-order valence-electron chi connectivity index (χ3n) is 7.88. The molecule has 0 radical (unpaired) electrons. The molecule has 1 rings (SSSR count). The van der Waals surface area contributed by atoms with Crippen LogP contribution in [-0.2, 0) is 67.2 Å². The number of rotatable bonds is 30. The van der Waals surface area contributed by atoms with E-state index in [4.69, 9.17) is 28.4 Å². The Morgan fingerprint density at radius 3 is 1.23 bits per heavy atom. The van der Waals surface area contributed by atoms with Crippen LogP contribution in [0.15, 0.2) is 52.3 Å². The van der Waals surface area contributed by atoms with Crippen molar-refractivity contribution in [2.24, 2.45) is 0 Å². The topological polar surface area (TPSA) is 248 Å². The number of esters is 4. The number of carbonyl (C=O) groups is 6. The first kappa shape index (κ1) is 52.8. The minimum Gasteiger partial charge on any atom is -0.463 e. The fourth-order valence-electron chi connectivity index (χ4n) is 4.76. The molecule has 2 N–H and O–H groups in total. The number of aromatic nitrogens is 3. The van der Waals surface area contributed by atoms with E-state index in [0.29, 0.717) is 48.7 Å². The average molecular weight is 888 g/mol. The molecule has 0 spiro atoms.